The van der Waals surface area contributed by atoms with Gasteiger partial charge >= 0.3 is 0 Å². The highest BCUT2D eigenvalue weighted by Crippen LogP contribution is 2.22. The van der Waals surface area contributed by atoms with Gasteiger partial charge in [0.25, 0.3) is 0 Å². The minimum atomic E-state index is -0.507. The largest absolute Gasteiger partial charge is 0.351 e. The zero-order valence-corrected chi connectivity index (χ0v) is 11.0. The van der Waals surface area contributed by atoms with Crippen LogP contribution in [0.1, 0.15) is 12.5 Å². The molecule has 0 heterocycles. The molecule has 1 atom stereocenters. The molecule has 0 aliphatic rings. The Morgan fingerprint density at radius 3 is 2.56 bits per heavy atom. The average molecular weight is 284 g/mol. The first-order chi connectivity index (χ1) is 7.00. The summed E-state index contributed by atoms with van der Waals surface area (Å²) in [4.78, 5) is 11.2. The summed E-state index contributed by atoms with van der Waals surface area (Å²) in [6.07, 6.45) is 0. The van der Waals surface area contributed by atoms with E-state index >= 15 is 0 Å². The highest BCUT2D eigenvalue weighted by atomic mass is 35.5. The Morgan fingerprint density at radius 2 is 2.06 bits per heavy atom. The van der Waals surface area contributed by atoms with E-state index in [4.69, 9.17) is 28.9 Å². The molecule has 16 heavy (non-hydrogen) atoms. The van der Waals surface area contributed by atoms with Gasteiger partial charge in [0, 0.05) is 6.54 Å². The number of nitrogens with two attached hydrogens (primary N) is 1. The van der Waals surface area contributed by atoms with Crippen molar-refractivity contribution in [1.82, 2.24) is 5.32 Å². The molecule has 0 radical (unpaired) electrons. The number of rotatable bonds is 3. The number of hydrogen-bond donors (Lipinski definition) is 2. The van der Waals surface area contributed by atoms with Crippen LogP contribution < -0.4 is 11.1 Å². The lowest BCUT2D eigenvalue weighted by atomic mass is 10.2. The van der Waals surface area contributed by atoms with Crippen LogP contribution in [0.15, 0.2) is 18.2 Å². The Hall–Kier alpha value is -0.480. The molecular weight excluding hydrogens is 270 g/mol. The maximum Gasteiger partial charge on any atom is 0.236 e. The molecule has 0 aromatic heterocycles. The molecule has 0 aliphatic carbocycles. The summed E-state index contributed by atoms with van der Waals surface area (Å²) in [5.41, 5.74) is 6.28. The van der Waals surface area contributed by atoms with E-state index in [9.17, 15) is 4.79 Å². The van der Waals surface area contributed by atoms with Crippen molar-refractivity contribution in [1.29, 1.82) is 0 Å². The number of nitrogens with one attached hydrogen (secondary N) is 1. The second kappa shape index (κ2) is 6.97. The summed E-state index contributed by atoms with van der Waals surface area (Å²) in [7, 11) is 0. The van der Waals surface area contributed by atoms with Crippen LogP contribution in [0.5, 0.6) is 0 Å². The number of carbonyl (C=O) groups is 1. The first-order valence-corrected chi connectivity index (χ1v) is 5.23. The molecule has 0 aliphatic heterocycles. The summed E-state index contributed by atoms with van der Waals surface area (Å²) >= 11 is 11.6. The minimum Gasteiger partial charge on any atom is -0.351 e. The molecule has 90 valence electrons. The summed E-state index contributed by atoms with van der Waals surface area (Å²) < 4.78 is 0. The Bertz CT molecular complexity index is 369. The molecule has 0 saturated carbocycles. The van der Waals surface area contributed by atoms with E-state index in [-0.39, 0.29) is 18.3 Å². The van der Waals surface area contributed by atoms with Gasteiger partial charge in [0.05, 0.1) is 16.1 Å². The quantitative estimate of drug-likeness (QED) is 0.895. The standard InChI is InChI=1S/C10H12Cl2N2O.ClH/c1-6(13)10(15)14-5-7-2-3-8(11)9(12)4-7;/h2-4,6H,5,13H2,1H3,(H,14,15);1H. The van der Waals surface area contributed by atoms with Crippen molar-refractivity contribution in [3.63, 3.8) is 0 Å². The first kappa shape index (κ1) is 15.5. The fourth-order valence-electron chi connectivity index (χ4n) is 1.000. The van der Waals surface area contributed by atoms with Crippen molar-refractivity contribution in [2.24, 2.45) is 5.73 Å². The number of benzene rings is 1. The molecule has 1 aromatic rings. The Labute approximate surface area is 111 Å². The highest BCUT2D eigenvalue weighted by molar-refractivity contribution is 6.42. The van der Waals surface area contributed by atoms with Gasteiger partial charge in [-0.05, 0) is 24.6 Å². The number of carbonyl (C=O) groups excluding carboxylic acids is 1. The second-order valence-electron chi connectivity index (χ2n) is 3.25. The summed E-state index contributed by atoms with van der Waals surface area (Å²) in [6.45, 7) is 2.03. The minimum absolute atomic E-state index is 0. The van der Waals surface area contributed by atoms with E-state index in [0.29, 0.717) is 16.6 Å². The molecule has 6 heteroatoms. The predicted molar refractivity (Wildman–Crippen MR) is 69.2 cm³/mol. The maximum atomic E-state index is 11.2. The molecule has 0 saturated heterocycles. The SMILES string of the molecule is CC(N)C(=O)NCc1ccc(Cl)c(Cl)c1.Cl. The molecule has 1 rings (SSSR count). The van der Waals surface area contributed by atoms with E-state index in [1.165, 1.54) is 0 Å². The van der Waals surface area contributed by atoms with E-state index in [1.807, 2.05) is 0 Å². The van der Waals surface area contributed by atoms with Gasteiger partial charge in [0.2, 0.25) is 5.91 Å². The Kier molecular flexibility index (Phi) is 6.76. The lowest BCUT2D eigenvalue weighted by Gasteiger charge is -2.08. The van der Waals surface area contributed by atoms with Gasteiger partial charge in [-0.2, -0.15) is 0 Å². The fourth-order valence-corrected chi connectivity index (χ4v) is 1.32. The monoisotopic (exact) mass is 282 g/mol. The van der Waals surface area contributed by atoms with Crippen LogP contribution in [0.4, 0.5) is 0 Å². The van der Waals surface area contributed by atoms with Crippen LogP contribution in [0.2, 0.25) is 10.0 Å². The van der Waals surface area contributed by atoms with Crippen LogP contribution in [-0.2, 0) is 11.3 Å². The molecule has 1 amide bonds. The fraction of sp³-hybridized carbons (Fsp3) is 0.300. The van der Waals surface area contributed by atoms with Crippen molar-refractivity contribution in [3.05, 3.63) is 33.8 Å². The van der Waals surface area contributed by atoms with Gasteiger partial charge < -0.3 is 11.1 Å². The third-order valence-corrected chi connectivity index (χ3v) is 2.60. The molecule has 3 N–H and O–H groups in total. The van der Waals surface area contributed by atoms with Gasteiger partial charge in [-0.25, -0.2) is 0 Å². The number of halogens is 3. The summed E-state index contributed by atoms with van der Waals surface area (Å²) in [6, 6.07) is 4.70. The van der Waals surface area contributed by atoms with E-state index in [1.54, 1.807) is 25.1 Å². The van der Waals surface area contributed by atoms with Crippen LogP contribution >= 0.6 is 35.6 Å². The molecular formula is C10H13Cl3N2O. The lowest BCUT2D eigenvalue weighted by molar-refractivity contribution is -0.122. The third kappa shape index (κ3) is 4.58. The van der Waals surface area contributed by atoms with Crippen molar-refractivity contribution >= 4 is 41.5 Å². The smallest absolute Gasteiger partial charge is 0.236 e. The second-order valence-corrected chi connectivity index (χ2v) is 4.07. The molecule has 0 fully saturated rings. The lowest BCUT2D eigenvalue weighted by Crippen LogP contribution is -2.37. The summed E-state index contributed by atoms with van der Waals surface area (Å²) in [5.74, 6) is -0.193. The van der Waals surface area contributed by atoms with E-state index in [2.05, 4.69) is 5.32 Å². The maximum absolute atomic E-state index is 11.2. The van der Waals surface area contributed by atoms with Gasteiger partial charge in [-0.1, -0.05) is 29.3 Å². The van der Waals surface area contributed by atoms with Gasteiger partial charge in [-0.15, -0.1) is 12.4 Å². The zero-order chi connectivity index (χ0) is 11.4. The average Bonchev–Trinajstić information content (AvgIpc) is 2.19. The van der Waals surface area contributed by atoms with Crippen LogP contribution in [-0.4, -0.2) is 11.9 Å². The first-order valence-electron chi connectivity index (χ1n) is 4.48. The van der Waals surface area contributed by atoms with Crippen molar-refractivity contribution in [2.45, 2.75) is 19.5 Å². The molecule has 0 spiro atoms. The zero-order valence-electron chi connectivity index (χ0n) is 8.67. The van der Waals surface area contributed by atoms with Crippen LogP contribution in [0.3, 0.4) is 0 Å². The van der Waals surface area contributed by atoms with Gasteiger partial charge in [0.1, 0.15) is 0 Å². The van der Waals surface area contributed by atoms with Gasteiger partial charge in [-0.3, -0.25) is 4.79 Å². The topological polar surface area (TPSA) is 55.1 Å². The molecule has 1 aromatic carbocycles. The molecule has 1 unspecified atom stereocenters. The van der Waals surface area contributed by atoms with Crippen molar-refractivity contribution < 1.29 is 4.79 Å². The van der Waals surface area contributed by atoms with Crippen LogP contribution in [0, 0.1) is 0 Å². The summed E-state index contributed by atoms with van der Waals surface area (Å²) in [5, 5.41) is 3.65. The Morgan fingerprint density at radius 1 is 1.44 bits per heavy atom. The van der Waals surface area contributed by atoms with Crippen LogP contribution in [0.25, 0.3) is 0 Å². The van der Waals surface area contributed by atoms with Crippen molar-refractivity contribution in [2.75, 3.05) is 0 Å². The predicted octanol–water partition coefficient (Wildman–Crippen LogP) is 2.38. The normalized spacial score (nSPS) is 11.5. The van der Waals surface area contributed by atoms with Crippen molar-refractivity contribution in [3.8, 4) is 0 Å². The van der Waals surface area contributed by atoms with E-state index in [0.717, 1.165) is 5.56 Å². The number of amides is 1. The van der Waals surface area contributed by atoms with Gasteiger partial charge in [0.15, 0.2) is 0 Å². The van der Waals surface area contributed by atoms with E-state index < -0.39 is 6.04 Å². The molecule has 3 nitrogen and oxygen atoms in total. The highest BCUT2D eigenvalue weighted by Gasteiger charge is 2.06. The number of hydrogen-bond acceptors (Lipinski definition) is 2. The molecule has 0 bridgehead atoms. The third-order valence-electron chi connectivity index (χ3n) is 1.86. The Balaban J connectivity index is 0.00000225.